The Hall–Kier alpha value is -1.38. The SMILES string of the molecule is Cc1cc(S(=O)(=O)Nc2ccc(CC(N)=O)cc2)sc1Br. The van der Waals surface area contributed by atoms with Gasteiger partial charge in [-0.15, -0.1) is 11.3 Å². The second kappa shape index (κ2) is 6.17. The van der Waals surface area contributed by atoms with Crippen LogP contribution in [0, 0.1) is 6.92 Å². The largest absolute Gasteiger partial charge is 0.369 e. The van der Waals surface area contributed by atoms with E-state index in [2.05, 4.69) is 20.7 Å². The van der Waals surface area contributed by atoms with Gasteiger partial charge < -0.3 is 5.73 Å². The molecule has 0 spiro atoms. The first-order chi connectivity index (χ1) is 9.78. The predicted molar refractivity (Wildman–Crippen MR) is 86.9 cm³/mol. The molecule has 2 rings (SSSR count). The standard InChI is InChI=1S/C13H13BrN2O3S2/c1-8-6-12(20-13(8)14)21(18,19)16-10-4-2-9(3-5-10)7-11(15)17/h2-6,16H,7H2,1H3,(H2,15,17). The number of hydrogen-bond acceptors (Lipinski definition) is 4. The Bertz CT molecular complexity index is 748. The lowest BCUT2D eigenvalue weighted by atomic mass is 10.1. The van der Waals surface area contributed by atoms with Crippen LogP contribution in [0.3, 0.4) is 0 Å². The summed E-state index contributed by atoms with van der Waals surface area (Å²) in [6, 6.07) is 8.14. The van der Waals surface area contributed by atoms with E-state index in [0.29, 0.717) is 5.69 Å². The fourth-order valence-electron chi connectivity index (χ4n) is 1.66. The molecule has 2 aromatic rings. The summed E-state index contributed by atoms with van der Waals surface area (Å²) in [6.07, 6.45) is 0.129. The molecule has 0 aliphatic heterocycles. The average molecular weight is 389 g/mol. The molecule has 0 saturated heterocycles. The van der Waals surface area contributed by atoms with Crippen molar-refractivity contribution < 1.29 is 13.2 Å². The van der Waals surface area contributed by atoms with Crippen LogP contribution in [-0.4, -0.2) is 14.3 Å². The number of carbonyl (C=O) groups is 1. The molecular formula is C13H13BrN2O3S2. The van der Waals surface area contributed by atoms with Gasteiger partial charge in [0, 0.05) is 5.69 Å². The van der Waals surface area contributed by atoms with E-state index in [1.807, 2.05) is 6.92 Å². The fraction of sp³-hybridized carbons (Fsp3) is 0.154. The van der Waals surface area contributed by atoms with Crippen LogP contribution in [-0.2, 0) is 21.2 Å². The van der Waals surface area contributed by atoms with E-state index < -0.39 is 15.9 Å². The van der Waals surface area contributed by atoms with Gasteiger partial charge in [-0.1, -0.05) is 12.1 Å². The number of nitrogens with two attached hydrogens (primary N) is 1. The molecule has 0 atom stereocenters. The van der Waals surface area contributed by atoms with Crippen LogP contribution >= 0.6 is 27.3 Å². The van der Waals surface area contributed by atoms with E-state index in [1.165, 1.54) is 0 Å². The van der Waals surface area contributed by atoms with Gasteiger partial charge >= 0.3 is 0 Å². The van der Waals surface area contributed by atoms with Crippen molar-refractivity contribution in [3.8, 4) is 0 Å². The first-order valence-corrected chi connectivity index (χ1v) is 9.03. The minimum atomic E-state index is -3.60. The summed E-state index contributed by atoms with van der Waals surface area (Å²) in [5, 5.41) is 0. The summed E-state index contributed by atoms with van der Waals surface area (Å²) in [6.45, 7) is 1.83. The Balaban J connectivity index is 2.18. The summed E-state index contributed by atoms with van der Waals surface area (Å²) >= 11 is 4.47. The lowest BCUT2D eigenvalue weighted by Gasteiger charge is -2.06. The lowest BCUT2D eigenvalue weighted by molar-refractivity contribution is -0.117. The molecule has 3 N–H and O–H groups in total. The molecule has 1 aromatic carbocycles. The summed E-state index contributed by atoms with van der Waals surface area (Å²) in [7, 11) is -3.60. The maximum Gasteiger partial charge on any atom is 0.271 e. The summed E-state index contributed by atoms with van der Waals surface area (Å²) < 4.78 is 28.0. The van der Waals surface area contributed by atoms with Crippen LogP contribution in [0.5, 0.6) is 0 Å². The molecule has 21 heavy (non-hydrogen) atoms. The van der Waals surface area contributed by atoms with Crippen molar-refractivity contribution in [3.05, 3.63) is 45.2 Å². The number of amides is 1. The molecule has 0 aliphatic rings. The van der Waals surface area contributed by atoms with Gasteiger partial charge in [0.1, 0.15) is 4.21 Å². The van der Waals surface area contributed by atoms with Crippen molar-refractivity contribution >= 4 is 48.9 Å². The second-order valence-electron chi connectivity index (χ2n) is 4.47. The average Bonchev–Trinajstić information content (AvgIpc) is 2.72. The molecule has 0 aliphatic carbocycles. The first kappa shape index (κ1) is 16.0. The number of aryl methyl sites for hydroxylation is 1. The molecule has 1 amide bonds. The summed E-state index contributed by atoms with van der Waals surface area (Å²) in [5.41, 5.74) is 7.15. The van der Waals surface area contributed by atoms with Gasteiger partial charge in [-0.3, -0.25) is 9.52 Å². The zero-order chi connectivity index (χ0) is 15.6. The Morgan fingerprint density at radius 2 is 1.95 bits per heavy atom. The van der Waals surface area contributed by atoms with Gasteiger partial charge in [0.15, 0.2) is 0 Å². The highest BCUT2D eigenvalue weighted by Crippen LogP contribution is 2.31. The number of hydrogen-bond donors (Lipinski definition) is 2. The number of rotatable bonds is 5. The molecule has 0 radical (unpaired) electrons. The smallest absolute Gasteiger partial charge is 0.271 e. The first-order valence-electron chi connectivity index (χ1n) is 5.94. The molecule has 5 nitrogen and oxygen atoms in total. The number of primary amides is 1. The van der Waals surface area contributed by atoms with Gasteiger partial charge in [0.05, 0.1) is 10.2 Å². The molecule has 1 aromatic heterocycles. The summed E-state index contributed by atoms with van der Waals surface area (Å²) in [5.74, 6) is -0.428. The number of benzene rings is 1. The molecular weight excluding hydrogens is 376 g/mol. The van der Waals surface area contributed by atoms with Gasteiger partial charge in [0.25, 0.3) is 10.0 Å². The zero-order valence-electron chi connectivity index (χ0n) is 11.1. The van der Waals surface area contributed by atoms with E-state index in [1.54, 1.807) is 30.3 Å². The zero-order valence-corrected chi connectivity index (χ0v) is 14.3. The Morgan fingerprint density at radius 1 is 1.33 bits per heavy atom. The highest BCUT2D eigenvalue weighted by Gasteiger charge is 2.18. The van der Waals surface area contributed by atoms with E-state index in [9.17, 15) is 13.2 Å². The van der Waals surface area contributed by atoms with Crippen molar-refractivity contribution in [2.45, 2.75) is 17.6 Å². The van der Waals surface area contributed by atoms with Crippen molar-refractivity contribution in [2.75, 3.05) is 4.72 Å². The normalized spacial score (nSPS) is 11.3. The number of thiophene rings is 1. The topological polar surface area (TPSA) is 89.3 Å². The predicted octanol–water partition coefficient (Wildman–Crippen LogP) is 2.65. The van der Waals surface area contributed by atoms with Crippen LogP contribution in [0.1, 0.15) is 11.1 Å². The number of carbonyl (C=O) groups excluding carboxylic acids is 1. The van der Waals surface area contributed by atoms with Gasteiger partial charge in [-0.2, -0.15) is 0 Å². The van der Waals surface area contributed by atoms with E-state index in [0.717, 1.165) is 26.3 Å². The number of anilines is 1. The number of nitrogens with one attached hydrogen (secondary N) is 1. The highest BCUT2D eigenvalue weighted by molar-refractivity contribution is 9.11. The minimum absolute atomic E-state index is 0.129. The highest BCUT2D eigenvalue weighted by atomic mass is 79.9. The van der Waals surface area contributed by atoms with Crippen molar-refractivity contribution in [3.63, 3.8) is 0 Å². The Kier molecular flexibility index (Phi) is 4.70. The maximum absolute atomic E-state index is 12.2. The molecule has 112 valence electrons. The minimum Gasteiger partial charge on any atom is -0.369 e. The molecule has 0 saturated carbocycles. The maximum atomic E-state index is 12.2. The lowest BCUT2D eigenvalue weighted by Crippen LogP contribution is -2.14. The van der Waals surface area contributed by atoms with Gasteiger partial charge in [-0.25, -0.2) is 8.42 Å². The second-order valence-corrected chi connectivity index (χ2v) is 8.75. The molecule has 0 bridgehead atoms. The quantitative estimate of drug-likeness (QED) is 0.824. The third-order valence-corrected chi connectivity index (χ3v) is 6.68. The molecule has 0 unspecified atom stereocenters. The van der Waals surface area contributed by atoms with Gasteiger partial charge in [-0.05, 0) is 52.2 Å². The fourth-order valence-corrected chi connectivity index (χ4v) is 4.95. The van der Waals surface area contributed by atoms with Crippen molar-refractivity contribution in [1.29, 1.82) is 0 Å². The number of sulfonamides is 1. The van der Waals surface area contributed by atoms with Crippen molar-refractivity contribution in [2.24, 2.45) is 5.73 Å². The third kappa shape index (κ3) is 4.05. The van der Waals surface area contributed by atoms with Crippen LogP contribution in [0.15, 0.2) is 38.3 Å². The van der Waals surface area contributed by atoms with E-state index in [-0.39, 0.29) is 10.6 Å². The number of halogens is 1. The Morgan fingerprint density at radius 3 is 2.43 bits per heavy atom. The molecule has 8 heteroatoms. The van der Waals surface area contributed by atoms with Crippen LogP contribution in [0.25, 0.3) is 0 Å². The van der Waals surface area contributed by atoms with Gasteiger partial charge in [0.2, 0.25) is 5.91 Å². The monoisotopic (exact) mass is 388 g/mol. The van der Waals surface area contributed by atoms with E-state index in [4.69, 9.17) is 5.73 Å². The summed E-state index contributed by atoms with van der Waals surface area (Å²) in [4.78, 5) is 10.8. The van der Waals surface area contributed by atoms with E-state index >= 15 is 0 Å². The molecule has 1 heterocycles. The van der Waals surface area contributed by atoms with Crippen LogP contribution in [0.4, 0.5) is 5.69 Å². The van der Waals surface area contributed by atoms with Crippen LogP contribution < -0.4 is 10.5 Å². The molecule has 0 fully saturated rings. The van der Waals surface area contributed by atoms with Crippen LogP contribution in [0.2, 0.25) is 0 Å². The third-order valence-electron chi connectivity index (χ3n) is 2.68. The Labute approximate surface area is 135 Å². The van der Waals surface area contributed by atoms with Crippen molar-refractivity contribution in [1.82, 2.24) is 0 Å².